The van der Waals surface area contributed by atoms with E-state index in [0.717, 1.165) is 47.8 Å². The fraction of sp³-hybridized carbons (Fsp3) is 0.406. The molecule has 2 aromatic carbocycles. The van der Waals surface area contributed by atoms with E-state index >= 15 is 0 Å². The van der Waals surface area contributed by atoms with Gasteiger partial charge in [-0.25, -0.2) is 8.78 Å². The van der Waals surface area contributed by atoms with Crippen LogP contribution in [0.5, 0.6) is 5.75 Å². The molecule has 2 aliphatic heterocycles. The van der Waals surface area contributed by atoms with Gasteiger partial charge in [-0.2, -0.15) is 5.26 Å². The van der Waals surface area contributed by atoms with Gasteiger partial charge in [0.1, 0.15) is 11.8 Å². The maximum Gasteiger partial charge on any atom is 0.268 e. The maximum absolute atomic E-state index is 13.7. The minimum atomic E-state index is -3.13. The minimum absolute atomic E-state index is 0.0106. The molecule has 236 valence electrons. The Kier molecular flexibility index (Phi) is 9.85. The molecule has 5 rings (SSSR count). The van der Waals surface area contributed by atoms with Crippen LogP contribution in [0.25, 0.3) is 22.0 Å². The van der Waals surface area contributed by atoms with Gasteiger partial charge in [-0.3, -0.25) is 24.3 Å². The number of nitriles is 1. The van der Waals surface area contributed by atoms with Crippen molar-refractivity contribution in [1.82, 2.24) is 25.0 Å². The highest BCUT2D eigenvalue weighted by atomic mass is 19.3. The summed E-state index contributed by atoms with van der Waals surface area (Å²) in [5, 5.41) is 12.2. The molecule has 0 bridgehead atoms. The number of hydrogen-bond acceptors (Lipinski definition) is 8. The first-order valence-corrected chi connectivity index (χ1v) is 14.8. The molecule has 3 aromatic rings. The average Bonchev–Trinajstić information content (AvgIpc) is 3.39. The van der Waals surface area contributed by atoms with Crippen LogP contribution in [-0.2, 0) is 9.59 Å². The van der Waals surface area contributed by atoms with E-state index in [2.05, 4.69) is 15.2 Å². The molecule has 0 spiro atoms. The number of halogens is 2. The molecule has 1 atom stereocenters. The number of aromatic nitrogens is 1. The van der Waals surface area contributed by atoms with E-state index in [-0.39, 0.29) is 18.0 Å². The van der Waals surface area contributed by atoms with Gasteiger partial charge >= 0.3 is 0 Å². The molecule has 13 heteroatoms. The van der Waals surface area contributed by atoms with E-state index < -0.39 is 43.3 Å². The van der Waals surface area contributed by atoms with Gasteiger partial charge in [0.25, 0.3) is 11.8 Å². The summed E-state index contributed by atoms with van der Waals surface area (Å²) in [7, 11) is 0. The zero-order valence-corrected chi connectivity index (χ0v) is 24.8. The highest BCUT2D eigenvalue weighted by Crippen LogP contribution is 2.32. The van der Waals surface area contributed by atoms with Crippen molar-refractivity contribution < 1.29 is 27.9 Å². The Morgan fingerprint density at radius 2 is 1.78 bits per heavy atom. The van der Waals surface area contributed by atoms with Crippen molar-refractivity contribution in [2.24, 2.45) is 5.73 Å². The van der Waals surface area contributed by atoms with Gasteiger partial charge in [0, 0.05) is 50.7 Å². The number of fused-ring (bicyclic) bond motifs is 1. The minimum Gasteiger partial charge on any atom is -0.494 e. The summed E-state index contributed by atoms with van der Waals surface area (Å²) in [6, 6.07) is 15.2. The molecule has 0 aliphatic carbocycles. The summed E-state index contributed by atoms with van der Waals surface area (Å²) in [5.41, 5.74) is 8.05. The van der Waals surface area contributed by atoms with Crippen LogP contribution in [0.3, 0.4) is 0 Å². The second-order valence-electron chi connectivity index (χ2n) is 11.2. The standard InChI is InChI=1S/C32H35F2N7O4/c33-32(34)17-24(18-35)41(21-32)30(43)20-38-31(44)26-8-9-37-28-7-4-23(16-27(26)28)22-2-5-25(6-3-22)45-15-1-10-39-11-13-40(14-12-39)29(42)19-36/h2-9,16,24H,1,10-15,17,19-21,36H2,(H,38,44)/t24-/m0/s1. The number of pyridine rings is 1. The summed E-state index contributed by atoms with van der Waals surface area (Å²) in [5.74, 6) is -3.70. The van der Waals surface area contributed by atoms with E-state index in [1.54, 1.807) is 17.0 Å². The molecule has 2 saturated heterocycles. The van der Waals surface area contributed by atoms with Crippen LogP contribution >= 0.6 is 0 Å². The molecule has 3 heterocycles. The van der Waals surface area contributed by atoms with Crippen molar-refractivity contribution in [3.05, 3.63) is 60.3 Å². The number of nitrogens with zero attached hydrogens (tertiary/aromatic N) is 5. The molecule has 11 nitrogen and oxygen atoms in total. The molecular formula is C32H35F2N7O4. The van der Waals surface area contributed by atoms with Gasteiger partial charge in [0.15, 0.2) is 0 Å². The van der Waals surface area contributed by atoms with E-state index in [0.29, 0.717) is 30.6 Å². The van der Waals surface area contributed by atoms with E-state index in [1.165, 1.54) is 12.3 Å². The third-order valence-electron chi connectivity index (χ3n) is 8.10. The number of rotatable bonds is 10. The van der Waals surface area contributed by atoms with Gasteiger partial charge in [-0.1, -0.05) is 18.2 Å². The maximum atomic E-state index is 13.7. The van der Waals surface area contributed by atoms with Crippen molar-refractivity contribution in [2.75, 3.05) is 59.0 Å². The average molecular weight is 620 g/mol. The lowest BCUT2D eigenvalue weighted by Crippen LogP contribution is -2.50. The number of hydrogen-bond donors (Lipinski definition) is 2. The molecule has 2 fully saturated rings. The molecule has 0 radical (unpaired) electrons. The van der Waals surface area contributed by atoms with Gasteiger partial charge < -0.3 is 25.6 Å². The SMILES string of the molecule is N#C[C@@H]1CC(F)(F)CN1C(=O)CNC(=O)c1ccnc2ccc(-c3ccc(OCCCN4CCN(C(=O)CN)CC4)cc3)cc12. The number of nitrogens with one attached hydrogen (secondary N) is 1. The number of likely N-dealkylation sites (tertiary alicyclic amines) is 1. The van der Waals surface area contributed by atoms with Crippen LogP contribution in [0.15, 0.2) is 54.7 Å². The van der Waals surface area contributed by atoms with Crippen molar-refractivity contribution in [2.45, 2.75) is 24.8 Å². The molecule has 3 N–H and O–H groups in total. The fourth-order valence-corrected chi connectivity index (χ4v) is 5.64. The Morgan fingerprint density at radius 3 is 2.49 bits per heavy atom. The Labute approximate surface area is 259 Å². The number of amides is 3. The van der Waals surface area contributed by atoms with Gasteiger partial charge in [-0.05, 0) is 47.9 Å². The second-order valence-corrected chi connectivity index (χ2v) is 11.2. The van der Waals surface area contributed by atoms with Crippen LogP contribution in [-0.4, -0.2) is 108 Å². The molecule has 45 heavy (non-hydrogen) atoms. The van der Waals surface area contributed by atoms with Crippen molar-refractivity contribution in [3.8, 4) is 22.9 Å². The predicted octanol–water partition coefficient (Wildman–Crippen LogP) is 2.26. The smallest absolute Gasteiger partial charge is 0.268 e. The van der Waals surface area contributed by atoms with E-state index in [4.69, 9.17) is 15.7 Å². The summed E-state index contributed by atoms with van der Waals surface area (Å²) in [4.78, 5) is 46.6. The monoisotopic (exact) mass is 619 g/mol. The lowest BCUT2D eigenvalue weighted by atomic mass is 10.0. The zero-order chi connectivity index (χ0) is 32.0. The normalized spacial score (nSPS) is 18.0. The second kappa shape index (κ2) is 14.0. The fourth-order valence-electron chi connectivity index (χ4n) is 5.64. The number of nitrogens with two attached hydrogens (primary N) is 1. The van der Waals surface area contributed by atoms with Gasteiger partial charge in [0.2, 0.25) is 11.8 Å². The van der Waals surface area contributed by atoms with E-state index in [1.807, 2.05) is 36.4 Å². The first-order chi connectivity index (χ1) is 21.7. The molecular weight excluding hydrogens is 584 g/mol. The number of carbonyl (C=O) groups is 3. The molecule has 3 amide bonds. The highest BCUT2D eigenvalue weighted by Gasteiger charge is 2.47. The zero-order valence-electron chi connectivity index (χ0n) is 24.8. The first-order valence-electron chi connectivity index (χ1n) is 14.8. The summed E-state index contributed by atoms with van der Waals surface area (Å²) >= 11 is 0. The van der Waals surface area contributed by atoms with Crippen molar-refractivity contribution in [3.63, 3.8) is 0 Å². The number of benzene rings is 2. The largest absolute Gasteiger partial charge is 0.494 e. The molecule has 0 saturated carbocycles. The van der Waals surface area contributed by atoms with E-state index in [9.17, 15) is 23.2 Å². The van der Waals surface area contributed by atoms with Crippen LogP contribution in [0.4, 0.5) is 8.78 Å². The Balaban J connectivity index is 1.15. The summed E-state index contributed by atoms with van der Waals surface area (Å²) in [6.07, 6.45) is 1.62. The number of piperazine rings is 1. The Hall–Kier alpha value is -4.67. The van der Waals surface area contributed by atoms with Crippen molar-refractivity contribution >= 4 is 28.6 Å². The first kappa shape index (κ1) is 31.7. The molecule has 2 aliphatic rings. The summed E-state index contributed by atoms with van der Waals surface area (Å²) < 4.78 is 33.4. The molecule has 1 aromatic heterocycles. The topological polar surface area (TPSA) is 145 Å². The number of carbonyl (C=O) groups excluding carboxylic acids is 3. The number of alkyl halides is 2. The Morgan fingerprint density at radius 1 is 1.04 bits per heavy atom. The lowest BCUT2D eigenvalue weighted by molar-refractivity contribution is -0.132. The summed E-state index contributed by atoms with van der Waals surface area (Å²) in [6.45, 7) is 3.17. The van der Waals surface area contributed by atoms with Gasteiger partial charge in [0.05, 0.1) is 43.4 Å². The third kappa shape index (κ3) is 7.71. The number of ether oxygens (including phenoxy) is 1. The third-order valence-corrected chi connectivity index (χ3v) is 8.10. The highest BCUT2D eigenvalue weighted by molar-refractivity contribution is 6.07. The van der Waals surface area contributed by atoms with Gasteiger partial charge in [-0.15, -0.1) is 0 Å². The lowest BCUT2D eigenvalue weighted by Gasteiger charge is -2.34. The quantitative estimate of drug-likeness (QED) is 0.329. The van der Waals surface area contributed by atoms with Crippen LogP contribution < -0.4 is 15.8 Å². The van der Waals surface area contributed by atoms with Crippen molar-refractivity contribution in [1.29, 1.82) is 5.26 Å². The predicted molar refractivity (Wildman–Crippen MR) is 162 cm³/mol. The molecule has 0 unspecified atom stereocenters. The van der Waals surface area contributed by atoms with Crippen LogP contribution in [0.2, 0.25) is 0 Å². The van der Waals surface area contributed by atoms with Crippen LogP contribution in [0, 0.1) is 11.3 Å². The Bertz CT molecular complexity index is 1590. The van der Waals surface area contributed by atoms with Crippen LogP contribution in [0.1, 0.15) is 23.2 Å².